The van der Waals surface area contributed by atoms with Crippen LogP contribution >= 0.6 is 0 Å². The van der Waals surface area contributed by atoms with Gasteiger partial charge < -0.3 is 5.11 Å². The SMILES string of the molecule is C[N+](C)(CO)N=Nc1ccccc1N[N+](=O)[O-]. The van der Waals surface area contributed by atoms with Crippen LogP contribution in [0.15, 0.2) is 34.6 Å². The van der Waals surface area contributed by atoms with E-state index in [4.69, 9.17) is 5.11 Å². The van der Waals surface area contributed by atoms with Gasteiger partial charge in [-0.15, -0.1) is 5.43 Å². The zero-order chi connectivity index (χ0) is 12.9. The first-order chi connectivity index (χ1) is 7.94. The number of nitrogens with zero attached hydrogens (tertiary/aromatic N) is 4. The highest BCUT2D eigenvalue weighted by molar-refractivity contribution is 5.63. The molecule has 0 aliphatic heterocycles. The van der Waals surface area contributed by atoms with Gasteiger partial charge in [-0.2, -0.15) is 4.59 Å². The fourth-order valence-corrected chi connectivity index (χ4v) is 0.951. The van der Waals surface area contributed by atoms with Crippen molar-refractivity contribution in [2.75, 3.05) is 26.3 Å². The summed E-state index contributed by atoms with van der Waals surface area (Å²) in [5.41, 5.74) is 2.61. The Morgan fingerprint density at radius 1 is 1.47 bits per heavy atom. The van der Waals surface area contributed by atoms with Crippen molar-refractivity contribution in [2.45, 2.75) is 0 Å². The second-order valence-corrected chi connectivity index (χ2v) is 3.84. The monoisotopic (exact) mass is 240 g/mol. The molecule has 0 saturated carbocycles. The number of nitro groups is 1. The molecule has 0 aromatic heterocycles. The van der Waals surface area contributed by atoms with Crippen molar-refractivity contribution < 1.29 is 14.7 Å². The maximum absolute atomic E-state index is 10.4. The van der Waals surface area contributed by atoms with Crippen molar-refractivity contribution in [3.05, 3.63) is 34.4 Å². The van der Waals surface area contributed by atoms with Crippen molar-refractivity contribution in [3.63, 3.8) is 0 Å². The minimum atomic E-state index is -0.666. The summed E-state index contributed by atoms with van der Waals surface area (Å²) < 4.78 is -0.0766. The number of hydrazine groups is 1. The van der Waals surface area contributed by atoms with Gasteiger partial charge in [0.25, 0.3) is 0 Å². The molecule has 8 nitrogen and oxygen atoms in total. The Balaban J connectivity index is 2.94. The molecule has 0 radical (unpaired) electrons. The van der Waals surface area contributed by atoms with Crippen molar-refractivity contribution in [3.8, 4) is 0 Å². The third kappa shape index (κ3) is 4.13. The predicted molar refractivity (Wildman–Crippen MR) is 60.8 cm³/mol. The molecule has 0 unspecified atom stereocenters. The second-order valence-electron chi connectivity index (χ2n) is 3.84. The molecule has 1 rings (SSSR count). The van der Waals surface area contributed by atoms with Crippen LogP contribution in [-0.2, 0) is 0 Å². The molecule has 17 heavy (non-hydrogen) atoms. The number of nitrogens with one attached hydrogen (secondary N) is 1. The van der Waals surface area contributed by atoms with Gasteiger partial charge in [-0.25, -0.2) is 10.1 Å². The standard InChI is InChI=1S/C9H14N5O3/c1-14(2,7-15)12-10-8-5-3-4-6-9(8)11-13(16)17/h3-6,11,15H,7H2,1-2H3/q+1. The van der Waals surface area contributed by atoms with Crippen molar-refractivity contribution in [1.82, 2.24) is 0 Å². The Kier molecular flexibility index (Phi) is 4.07. The molecule has 2 N–H and O–H groups in total. The molecule has 0 spiro atoms. The van der Waals surface area contributed by atoms with Crippen molar-refractivity contribution in [1.29, 1.82) is 0 Å². The zero-order valence-electron chi connectivity index (χ0n) is 9.57. The fraction of sp³-hybridized carbons (Fsp3) is 0.333. The summed E-state index contributed by atoms with van der Waals surface area (Å²) in [5.74, 6) is 0. The van der Waals surface area contributed by atoms with Crippen LogP contribution in [0.4, 0.5) is 11.4 Å². The molecule has 1 aromatic rings. The van der Waals surface area contributed by atoms with Crippen LogP contribution in [0.5, 0.6) is 0 Å². The first-order valence-corrected chi connectivity index (χ1v) is 4.82. The molecule has 0 aliphatic rings. The lowest BCUT2D eigenvalue weighted by Crippen LogP contribution is -2.33. The summed E-state index contributed by atoms with van der Waals surface area (Å²) in [4.78, 5) is 10.4. The summed E-state index contributed by atoms with van der Waals surface area (Å²) in [6.07, 6.45) is 0. The lowest BCUT2D eigenvalue weighted by Gasteiger charge is -2.16. The summed E-state index contributed by atoms with van der Waals surface area (Å²) >= 11 is 0. The van der Waals surface area contributed by atoms with E-state index in [2.05, 4.69) is 10.3 Å². The summed E-state index contributed by atoms with van der Waals surface area (Å²) in [7, 11) is 3.29. The molecular formula is C9H14N5O3+. The molecule has 1 aromatic carbocycles. The summed E-state index contributed by atoms with van der Waals surface area (Å²) in [6, 6.07) is 6.46. The van der Waals surface area contributed by atoms with E-state index in [1.807, 2.05) is 5.43 Å². The molecule has 0 aliphatic carbocycles. The molecule has 0 heterocycles. The van der Waals surface area contributed by atoms with E-state index in [-0.39, 0.29) is 17.0 Å². The van der Waals surface area contributed by atoms with E-state index >= 15 is 0 Å². The predicted octanol–water partition coefficient (Wildman–Crippen LogP) is 1.32. The molecule has 92 valence electrons. The number of para-hydroxylation sites is 1. The third-order valence-corrected chi connectivity index (χ3v) is 1.86. The largest absolute Gasteiger partial charge is 0.345 e. The van der Waals surface area contributed by atoms with E-state index in [9.17, 15) is 10.1 Å². The van der Waals surface area contributed by atoms with Gasteiger partial charge in [-0.05, 0) is 12.1 Å². The van der Waals surface area contributed by atoms with Gasteiger partial charge in [0, 0.05) is 5.22 Å². The maximum Gasteiger partial charge on any atom is 0.205 e. The zero-order valence-corrected chi connectivity index (χ0v) is 9.57. The second kappa shape index (κ2) is 5.32. The number of hydrogen-bond acceptors (Lipinski definition) is 5. The highest BCUT2D eigenvalue weighted by Crippen LogP contribution is 2.24. The van der Waals surface area contributed by atoms with Crippen LogP contribution in [0.3, 0.4) is 0 Å². The van der Waals surface area contributed by atoms with Crippen LogP contribution in [0.25, 0.3) is 0 Å². The molecule has 0 fully saturated rings. The average Bonchev–Trinajstić information content (AvgIpc) is 2.27. The topological polar surface area (TPSA) is 100 Å². The highest BCUT2D eigenvalue weighted by atomic mass is 16.7. The number of aliphatic hydroxyl groups is 1. The smallest absolute Gasteiger partial charge is 0.205 e. The Bertz CT molecular complexity index is 432. The normalized spacial score (nSPS) is 11.7. The lowest BCUT2D eigenvalue weighted by atomic mass is 10.3. The van der Waals surface area contributed by atoms with E-state index in [0.29, 0.717) is 5.69 Å². The molecule has 0 amide bonds. The first kappa shape index (κ1) is 13.0. The van der Waals surface area contributed by atoms with Crippen LogP contribution in [0.2, 0.25) is 0 Å². The first-order valence-electron chi connectivity index (χ1n) is 4.82. The number of benzene rings is 1. The van der Waals surface area contributed by atoms with Crippen molar-refractivity contribution in [2.24, 2.45) is 10.3 Å². The van der Waals surface area contributed by atoms with Gasteiger partial charge >= 0.3 is 0 Å². The van der Waals surface area contributed by atoms with Gasteiger partial charge in [-0.3, -0.25) is 0 Å². The van der Waals surface area contributed by atoms with Gasteiger partial charge in [-0.1, -0.05) is 17.2 Å². The maximum atomic E-state index is 10.4. The number of rotatable bonds is 5. The van der Waals surface area contributed by atoms with Crippen LogP contribution in [0, 0.1) is 10.1 Å². The quantitative estimate of drug-likeness (QED) is 0.266. The summed E-state index contributed by atoms with van der Waals surface area (Å²) in [6.45, 7) is -0.214. The molecule has 0 bridgehead atoms. The van der Waals surface area contributed by atoms with Gasteiger partial charge in [0.15, 0.2) is 5.03 Å². The molecule has 8 heteroatoms. The average molecular weight is 240 g/mol. The molecular weight excluding hydrogens is 226 g/mol. The van der Waals surface area contributed by atoms with Crippen LogP contribution in [-0.4, -0.2) is 35.6 Å². The highest BCUT2D eigenvalue weighted by Gasteiger charge is 2.13. The van der Waals surface area contributed by atoms with Gasteiger partial charge in [0.1, 0.15) is 11.4 Å². The van der Waals surface area contributed by atoms with Crippen molar-refractivity contribution >= 4 is 11.4 Å². The fourth-order valence-electron chi connectivity index (χ4n) is 0.951. The summed E-state index contributed by atoms with van der Waals surface area (Å²) in [5, 5.41) is 26.4. The van der Waals surface area contributed by atoms with Crippen LogP contribution in [0.1, 0.15) is 0 Å². The Morgan fingerprint density at radius 3 is 2.71 bits per heavy atom. The van der Waals surface area contributed by atoms with E-state index in [1.54, 1.807) is 32.3 Å². The molecule has 0 saturated heterocycles. The number of quaternary nitrogens is 1. The number of hydrogen-bond donors (Lipinski definition) is 2. The number of anilines is 1. The minimum absolute atomic E-state index is 0.0766. The van der Waals surface area contributed by atoms with E-state index in [0.717, 1.165) is 0 Å². The minimum Gasteiger partial charge on any atom is -0.345 e. The Labute approximate surface area is 97.9 Å². The Hall–Kier alpha value is -2.06. The molecule has 0 atom stereocenters. The van der Waals surface area contributed by atoms with E-state index in [1.165, 1.54) is 6.07 Å². The Morgan fingerprint density at radius 2 is 2.12 bits per heavy atom. The lowest BCUT2D eigenvalue weighted by molar-refractivity contribution is -0.919. The van der Waals surface area contributed by atoms with E-state index < -0.39 is 5.03 Å². The van der Waals surface area contributed by atoms with Crippen LogP contribution < -0.4 is 5.43 Å². The third-order valence-electron chi connectivity index (χ3n) is 1.86. The number of aliphatic hydroxyl groups excluding tert-OH is 1. The van der Waals surface area contributed by atoms with Gasteiger partial charge in [0.05, 0.1) is 14.1 Å². The van der Waals surface area contributed by atoms with Gasteiger partial charge in [0.2, 0.25) is 6.73 Å².